The second-order valence-corrected chi connectivity index (χ2v) is 12.1. The fraction of sp³-hybridized carbons (Fsp3) is 0.941. The molecule has 1 fully saturated rings. The molecule has 0 saturated carbocycles. The molecule has 1 saturated heterocycles. The number of rotatable bonds is 14. The van der Waals surface area contributed by atoms with E-state index in [4.69, 9.17) is 9.29 Å². The number of sulfone groups is 1. The summed E-state index contributed by atoms with van der Waals surface area (Å²) in [6.45, 7) is -0.611. The number of oxime groups is 1. The van der Waals surface area contributed by atoms with Crippen molar-refractivity contribution in [3.8, 4) is 0 Å². The van der Waals surface area contributed by atoms with Gasteiger partial charge in [-0.2, -0.15) is 8.42 Å². The van der Waals surface area contributed by atoms with Crippen LogP contribution in [0.15, 0.2) is 5.16 Å². The molecule has 1 rings (SSSR count). The molecule has 1 aliphatic heterocycles. The molecule has 0 aromatic heterocycles. The van der Waals surface area contributed by atoms with Crippen molar-refractivity contribution in [3.05, 3.63) is 0 Å². The number of ether oxygens (including phenoxy) is 1. The lowest BCUT2D eigenvalue weighted by atomic mass is 10.0. The Labute approximate surface area is 192 Å². The van der Waals surface area contributed by atoms with Gasteiger partial charge in [0.05, 0.1) is 6.61 Å². The highest BCUT2D eigenvalue weighted by Gasteiger charge is 2.44. The van der Waals surface area contributed by atoms with E-state index in [1.165, 1.54) is 6.26 Å². The van der Waals surface area contributed by atoms with Gasteiger partial charge in [0.25, 0.3) is 0 Å². The van der Waals surface area contributed by atoms with Gasteiger partial charge in [-0.25, -0.2) is 12.7 Å². The summed E-state index contributed by atoms with van der Waals surface area (Å²) in [5.74, 6) is 0.176. The van der Waals surface area contributed by atoms with E-state index in [1.807, 2.05) is 0 Å². The maximum absolute atomic E-state index is 11.1. The van der Waals surface area contributed by atoms with Crippen LogP contribution in [-0.2, 0) is 29.3 Å². The quantitative estimate of drug-likeness (QED) is 0.0662. The summed E-state index contributed by atoms with van der Waals surface area (Å²) >= 11 is 0.755. The van der Waals surface area contributed by atoms with Crippen LogP contribution in [0.2, 0.25) is 0 Å². The standard InChI is InChI=1S/C17H33NO11S3/c1-31(23,24)10-8-6-4-2-3-5-7-9-13(18-29-32(25,26)27)30-17-16(22)15(21)14(20)12(11-19)28-17/h12,14-17,19-22H,2-11H2,1H3,(H,25,26,27). The molecule has 190 valence electrons. The van der Waals surface area contributed by atoms with Gasteiger partial charge in [0, 0.05) is 12.0 Å². The number of hydrogen-bond acceptors (Lipinski definition) is 12. The van der Waals surface area contributed by atoms with Gasteiger partial charge >= 0.3 is 10.4 Å². The average Bonchev–Trinajstić information content (AvgIpc) is 2.69. The minimum atomic E-state index is -4.84. The number of aliphatic hydroxyl groups is 4. The summed E-state index contributed by atoms with van der Waals surface area (Å²) in [6, 6.07) is 0. The van der Waals surface area contributed by atoms with Crippen LogP contribution in [0.5, 0.6) is 0 Å². The van der Waals surface area contributed by atoms with Crippen LogP contribution in [0, 0.1) is 0 Å². The molecule has 1 aliphatic rings. The third-order valence-corrected chi connectivity index (χ3v) is 7.21. The second kappa shape index (κ2) is 14.0. The topological polar surface area (TPSA) is 200 Å². The molecule has 0 aromatic rings. The first-order chi connectivity index (χ1) is 14.8. The molecule has 5 atom stereocenters. The van der Waals surface area contributed by atoms with E-state index in [1.54, 1.807) is 0 Å². The van der Waals surface area contributed by atoms with Gasteiger partial charge in [-0.15, -0.1) is 0 Å². The fourth-order valence-electron chi connectivity index (χ4n) is 3.04. The van der Waals surface area contributed by atoms with E-state index in [-0.39, 0.29) is 17.2 Å². The van der Waals surface area contributed by atoms with E-state index in [0.29, 0.717) is 12.8 Å². The van der Waals surface area contributed by atoms with Crippen LogP contribution in [0.25, 0.3) is 0 Å². The van der Waals surface area contributed by atoms with E-state index in [2.05, 4.69) is 9.44 Å². The molecular formula is C17H33NO11S3. The molecule has 0 spiro atoms. The third kappa shape index (κ3) is 12.1. The predicted octanol–water partition coefficient (Wildman–Crippen LogP) is -0.182. The van der Waals surface area contributed by atoms with Crippen LogP contribution in [0.4, 0.5) is 0 Å². The van der Waals surface area contributed by atoms with E-state index >= 15 is 0 Å². The third-order valence-electron chi connectivity index (χ3n) is 4.74. The SMILES string of the molecule is CS(=O)(=O)CCCCCCCCCC(=NOS(=O)(=O)O)SC1OC(CO)C(O)C(O)C1O. The van der Waals surface area contributed by atoms with Crippen molar-refractivity contribution < 1.29 is 50.8 Å². The zero-order valence-corrected chi connectivity index (χ0v) is 20.3. The molecule has 0 aromatic carbocycles. The van der Waals surface area contributed by atoms with E-state index in [9.17, 15) is 37.3 Å². The minimum absolute atomic E-state index is 0.0695. The maximum atomic E-state index is 11.1. The van der Waals surface area contributed by atoms with Gasteiger partial charge in [-0.3, -0.25) is 4.55 Å². The smallest absolute Gasteiger partial charge is 0.394 e. The van der Waals surface area contributed by atoms with E-state index in [0.717, 1.165) is 43.9 Å². The van der Waals surface area contributed by atoms with Crippen molar-refractivity contribution >= 4 is 37.0 Å². The number of thioether (sulfide) groups is 1. The van der Waals surface area contributed by atoms with Crippen molar-refractivity contribution in [2.75, 3.05) is 18.6 Å². The van der Waals surface area contributed by atoms with Gasteiger partial charge < -0.3 is 25.2 Å². The summed E-state index contributed by atoms with van der Waals surface area (Å²) in [7, 11) is -7.78. The Hall–Kier alpha value is -0.520. The van der Waals surface area contributed by atoms with Gasteiger partial charge in [0.2, 0.25) is 0 Å². The summed E-state index contributed by atoms with van der Waals surface area (Å²) in [6.07, 6.45) is 1.06. The summed E-state index contributed by atoms with van der Waals surface area (Å²) in [4.78, 5) is 0. The minimum Gasteiger partial charge on any atom is -0.394 e. The van der Waals surface area contributed by atoms with Crippen LogP contribution < -0.4 is 0 Å². The van der Waals surface area contributed by atoms with Gasteiger partial charge in [-0.05, 0) is 19.3 Å². The zero-order valence-electron chi connectivity index (χ0n) is 17.8. The van der Waals surface area contributed by atoms with Crippen LogP contribution in [0.1, 0.15) is 51.4 Å². The Morgan fingerprint density at radius 1 is 0.938 bits per heavy atom. The van der Waals surface area contributed by atoms with E-state index < -0.39 is 56.7 Å². The largest absolute Gasteiger partial charge is 0.466 e. The predicted molar refractivity (Wildman–Crippen MR) is 118 cm³/mol. The molecule has 1 heterocycles. The van der Waals surface area contributed by atoms with Gasteiger partial charge in [-0.1, -0.05) is 49.0 Å². The van der Waals surface area contributed by atoms with Crippen LogP contribution >= 0.6 is 11.8 Å². The summed E-state index contributed by atoms with van der Waals surface area (Å²) in [5.41, 5.74) is -1.16. The molecule has 15 heteroatoms. The number of hydrogen-bond donors (Lipinski definition) is 5. The lowest BCUT2D eigenvalue weighted by Crippen LogP contribution is -2.57. The van der Waals surface area contributed by atoms with Crippen molar-refractivity contribution in [2.45, 2.75) is 81.2 Å². The Morgan fingerprint density at radius 3 is 2.03 bits per heavy atom. The molecule has 5 unspecified atom stereocenters. The lowest BCUT2D eigenvalue weighted by Gasteiger charge is -2.39. The zero-order chi connectivity index (χ0) is 24.4. The summed E-state index contributed by atoms with van der Waals surface area (Å²) in [5, 5.41) is 42.6. The second-order valence-electron chi connectivity index (χ2n) is 7.66. The lowest BCUT2D eigenvalue weighted by molar-refractivity contribution is -0.205. The Balaban J connectivity index is 2.52. The molecule has 0 radical (unpaired) electrons. The highest BCUT2D eigenvalue weighted by molar-refractivity contribution is 8.14. The number of nitrogens with zero attached hydrogens (tertiary/aromatic N) is 1. The molecule has 32 heavy (non-hydrogen) atoms. The maximum Gasteiger partial charge on any atom is 0.466 e. The average molecular weight is 524 g/mol. The Morgan fingerprint density at radius 2 is 1.50 bits per heavy atom. The van der Waals surface area contributed by atoms with Crippen molar-refractivity contribution in [3.63, 3.8) is 0 Å². The van der Waals surface area contributed by atoms with Gasteiger partial charge in [0.15, 0.2) is 0 Å². The molecule has 0 aliphatic carbocycles. The highest BCUT2D eigenvalue weighted by atomic mass is 32.3. The first-order valence-electron chi connectivity index (χ1n) is 10.2. The van der Waals surface area contributed by atoms with Crippen LogP contribution in [-0.4, -0.2) is 95.3 Å². The first-order valence-corrected chi connectivity index (χ1v) is 14.5. The first kappa shape index (κ1) is 29.5. The highest BCUT2D eigenvalue weighted by Crippen LogP contribution is 2.30. The number of unbranched alkanes of at least 4 members (excludes halogenated alkanes) is 6. The van der Waals surface area contributed by atoms with Crippen molar-refractivity contribution in [1.82, 2.24) is 0 Å². The molecule has 0 bridgehead atoms. The Bertz CT molecular complexity index is 786. The normalized spacial score (nSPS) is 27.4. The van der Waals surface area contributed by atoms with Crippen LogP contribution in [0.3, 0.4) is 0 Å². The van der Waals surface area contributed by atoms with Crippen molar-refractivity contribution in [2.24, 2.45) is 5.16 Å². The molecule has 5 N–H and O–H groups in total. The molecule has 0 amide bonds. The van der Waals surface area contributed by atoms with Gasteiger partial charge in [0.1, 0.15) is 44.7 Å². The molecule has 12 nitrogen and oxygen atoms in total. The molecular weight excluding hydrogens is 490 g/mol. The van der Waals surface area contributed by atoms with Crippen molar-refractivity contribution in [1.29, 1.82) is 0 Å². The number of aliphatic hydroxyl groups excluding tert-OH is 4. The fourth-order valence-corrected chi connectivity index (χ4v) is 5.11. The Kier molecular flexibility index (Phi) is 12.9. The summed E-state index contributed by atoms with van der Waals surface area (Å²) < 4.78 is 62.0. The monoisotopic (exact) mass is 523 g/mol.